The Morgan fingerprint density at radius 2 is 1.93 bits per heavy atom. The molecular weight excluding hydrogens is 378 g/mol. The molecule has 1 heterocycles. The molecule has 4 nitrogen and oxygen atoms in total. The number of aliphatic carboxylic acids is 1. The van der Waals surface area contributed by atoms with Crippen LogP contribution in [0.3, 0.4) is 0 Å². The Morgan fingerprint density at radius 3 is 2.64 bits per heavy atom. The van der Waals surface area contributed by atoms with Crippen molar-refractivity contribution >= 4 is 11.7 Å². The van der Waals surface area contributed by atoms with Gasteiger partial charge in [-0.1, -0.05) is 18.2 Å². The number of rotatable bonds is 5. The average molecular weight is 397 g/mol. The maximum absolute atomic E-state index is 14.3. The van der Waals surface area contributed by atoms with E-state index in [-0.39, 0.29) is 12.1 Å². The van der Waals surface area contributed by atoms with Crippen LogP contribution in [0, 0.1) is 5.82 Å². The normalized spacial score (nSPS) is 14.4. The molecule has 1 aliphatic heterocycles. The first-order chi connectivity index (χ1) is 13.2. The number of carboxylic acid groups (broad SMARTS) is 1. The van der Waals surface area contributed by atoms with Crippen molar-refractivity contribution in [3.05, 3.63) is 58.9 Å². The molecular formula is C20H19F4NO3. The van der Waals surface area contributed by atoms with Crippen LogP contribution in [0.1, 0.15) is 29.5 Å². The van der Waals surface area contributed by atoms with E-state index < -0.39 is 23.9 Å². The van der Waals surface area contributed by atoms with Gasteiger partial charge in [-0.2, -0.15) is 0 Å². The number of benzene rings is 2. The van der Waals surface area contributed by atoms with Crippen molar-refractivity contribution < 1.29 is 32.2 Å². The average Bonchev–Trinajstić information content (AvgIpc) is 2.82. The maximum Gasteiger partial charge on any atom is 0.573 e. The van der Waals surface area contributed by atoms with Gasteiger partial charge in [0.2, 0.25) is 0 Å². The van der Waals surface area contributed by atoms with E-state index in [1.807, 2.05) is 18.2 Å². The van der Waals surface area contributed by atoms with E-state index in [2.05, 4.69) is 4.74 Å². The largest absolute Gasteiger partial charge is 0.573 e. The monoisotopic (exact) mass is 397 g/mol. The van der Waals surface area contributed by atoms with Gasteiger partial charge in [-0.05, 0) is 48.1 Å². The molecule has 0 amide bonds. The lowest BCUT2D eigenvalue weighted by atomic mass is 9.99. The molecule has 0 unspecified atom stereocenters. The third-order valence-corrected chi connectivity index (χ3v) is 4.63. The van der Waals surface area contributed by atoms with E-state index >= 15 is 0 Å². The van der Waals surface area contributed by atoms with Gasteiger partial charge in [0.05, 0.1) is 5.69 Å². The topological polar surface area (TPSA) is 49.8 Å². The Labute approximate surface area is 159 Å². The van der Waals surface area contributed by atoms with Gasteiger partial charge in [0.25, 0.3) is 0 Å². The summed E-state index contributed by atoms with van der Waals surface area (Å²) in [6.45, 7) is 0.826. The first-order valence-corrected chi connectivity index (χ1v) is 8.84. The summed E-state index contributed by atoms with van der Waals surface area (Å²) in [4.78, 5) is 12.4. The molecule has 0 fully saturated rings. The van der Waals surface area contributed by atoms with Crippen molar-refractivity contribution in [1.82, 2.24) is 0 Å². The number of hydrogen-bond donors (Lipinski definition) is 1. The summed E-state index contributed by atoms with van der Waals surface area (Å²) >= 11 is 0. The van der Waals surface area contributed by atoms with Crippen LogP contribution in [0.2, 0.25) is 0 Å². The Morgan fingerprint density at radius 1 is 1.14 bits per heavy atom. The third kappa shape index (κ3) is 5.15. The highest BCUT2D eigenvalue weighted by Gasteiger charge is 2.31. The van der Waals surface area contributed by atoms with Gasteiger partial charge in [-0.25, -0.2) is 4.39 Å². The predicted octanol–water partition coefficient (Wildman–Crippen LogP) is 4.69. The summed E-state index contributed by atoms with van der Waals surface area (Å²) in [5.74, 6) is -1.94. The zero-order chi connectivity index (χ0) is 20.3. The van der Waals surface area contributed by atoms with Gasteiger partial charge in [0, 0.05) is 25.6 Å². The van der Waals surface area contributed by atoms with E-state index in [1.165, 1.54) is 0 Å². The second kappa shape index (κ2) is 8.08. The Hall–Kier alpha value is -2.77. The number of fused-ring (bicyclic) bond motifs is 1. The number of ether oxygens (including phenoxy) is 1. The third-order valence-electron chi connectivity index (χ3n) is 4.63. The van der Waals surface area contributed by atoms with Crippen LogP contribution in [-0.4, -0.2) is 24.0 Å². The highest BCUT2D eigenvalue weighted by atomic mass is 19.4. The van der Waals surface area contributed by atoms with Gasteiger partial charge < -0.3 is 14.7 Å². The molecule has 0 aromatic heterocycles. The fourth-order valence-corrected chi connectivity index (χ4v) is 3.36. The van der Waals surface area contributed by atoms with E-state index in [9.17, 15) is 22.4 Å². The molecule has 0 saturated heterocycles. The standard InChI is InChI=1S/C20H19F4NO3/c21-17-7-6-16(28-20(22,23)24)11-18(17)25-9-1-2-14-10-13(4-8-19(26)27)3-5-15(14)12-25/h3,5-7,10-11H,1-2,4,8-9,12H2,(H,26,27). The van der Waals surface area contributed by atoms with Gasteiger partial charge in [-0.15, -0.1) is 13.2 Å². The minimum absolute atomic E-state index is 0.0438. The molecule has 2 aromatic rings. The molecule has 1 N–H and O–H groups in total. The summed E-state index contributed by atoms with van der Waals surface area (Å²) in [5, 5.41) is 8.82. The highest BCUT2D eigenvalue weighted by molar-refractivity contribution is 5.67. The Kier molecular flexibility index (Phi) is 5.76. The van der Waals surface area contributed by atoms with Crippen LogP contribution in [0.5, 0.6) is 5.75 Å². The van der Waals surface area contributed by atoms with E-state index in [0.717, 1.165) is 41.3 Å². The zero-order valence-electron chi connectivity index (χ0n) is 14.9. The Bertz CT molecular complexity index is 867. The van der Waals surface area contributed by atoms with Crippen molar-refractivity contribution in [3.8, 4) is 5.75 Å². The predicted molar refractivity (Wildman–Crippen MR) is 94.9 cm³/mol. The van der Waals surface area contributed by atoms with Crippen molar-refractivity contribution in [2.24, 2.45) is 0 Å². The van der Waals surface area contributed by atoms with Crippen molar-refractivity contribution in [3.63, 3.8) is 0 Å². The molecule has 1 aliphatic rings. The number of carboxylic acids is 1. The van der Waals surface area contributed by atoms with Gasteiger partial charge in [0.15, 0.2) is 0 Å². The number of aryl methyl sites for hydroxylation is 2. The fraction of sp³-hybridized carbons (Fsp3) is 0.350. The number of anilines is 1. The summed E-state index contributed by atoms with van der Waals surface area (Å²) in [7, 11) is 0. The van der Waals surface area contributed by atoms with Gasteiger partial charge in [-0.3, -0.25) is 4.79 Å². The molecule has 150 valence electrons. The summed E-state index contributed by atoms with van der Waals surface area (Å²) in [6, 6.07) is 8.66. The molecule has 0 saturated carbocycles. The van der Waals surface area contributed by atoms with E-state index in [0.29, 0.717) is 25.9 Å². The molecule has 8 heteroatoms. The Balaban J connectivity index is 1.82. The summed E-state index contributed by atoms with van der Waals surface area (Å²) in [6.07, 6.45) is -2.95. The summed E-state index contributed by atoms with van der Waals surface area (Å²) < 4.78 is 55.6. The first kappa shape index (κ1) is 20.0. The number of halogens is 4. The van der Waals surface area contributed by atoms with Crippen molar-refractivity contribution in [2.45, 2.75) is 38.6 Å². The van der Waals surface area contributed by atoms with Crippen LogP contribution in [0.15, 0.2) is 36.4 Å². The summed E-state index contributed by atoms with van der Waals surface area (Å²) in [5.41, 5.74) is 2.97. The minimum atomic E-state index is -4.84. The molecule has 0 aliphatic carbocycles. The first-order valence-electron chi connectivity index (χ1n) is 8.84. The second-order valence-electron chi connectivity index (χ2n) is 6.68. The second-order valence-corrected chi connectivity index (χ2v) is 6.68. The van der Waals surface area contributed by atoms with Crippen LogP contribution < -0.4 is 9.64 Å². The molecule has 0 bridgehead atoms. The SMILES string of the molecule is O=C(O)CCc1ccc2c(c1)CCCN(c1cc(OC(F)(F)F)ccc1F)C2. The molecule has 3 rings (SSSR count). The van der Waals surface area contributed by atoms with E-state index in [4.69, 9.17) is 5.11 Å². The van der Waals surface area contributed by atoms with E-state index in [1.54, 1.807) is 4.90 Å². The highest BCUT2D eigenvalue weighted by Crippen LogP contribution is 2.32. The molecule has 0 atom stereocenters. The smallest absolute Gasteiger partial charge is 0.481 e. The fourth-order valence-electron chi connectivity index (χ4n) is 3.36. The zero-order valence-corrected chi connectivity index (χ0v) is 14.9. The van der Waals surface area contributed by atoms with Crippen molar-refractivity contribution in [1.29, 1.82) is 0 Å². The van der Waals surface area contributed by atoms with Crippen LogP contribution >= 0.6 is 0 Å². The quantitative estimate of drug-likeness (QED) is 0.744. The molecule has 0 radical (unpaired) electrons. The number of alkyl halides is 3. The van der Waals surface area contributed by atoms with Crippen LogP contribution in [-0.2, 0) is 24.2 Å². The minimum Gasteiger partial charge on any atom is -0.481 e. The van der Waals surface area contributed by atoms with Crippen molar-refractivity contribution in [2.75, 3.05) is 11.4 Å². The number of hydrogen-bond acceptors (Lipinski definition) is 3. The maximum atomic E-state index is 14.3. The lowest BCUT2D eigenvalue weighted by Crippen LogP contribution is -2.24. The van der Waals surface area contributed by atoms with Gasteiger partial charge >= 0.3 is 12.3 Å². The molecule has 2 aromatic carbocycles. The lowest BCUT2D eigenvalue weighted by Gasteiger charge is -2.24. The number of carbonyl (C=O) groups is 1. The van der Waals surface area contributed by atoms with Crippen LogP contribution in [0.25, 0.3) is 0 Å². The number of nitrogens with zero attached hydrogens (tertiary/aromatic N) is 1. The lowest BCUT2D eigenvalue weighted by molar-refractivity contribution is -0.274. The van der Waals surface area contributed by atoms with Crippen LogP contribution in [0.4, 0.5) is 23.2 Å². The van der Waals surface area contributed by atoms with Gasteiger partial charge in [0.1, 0.15) is 11.6 Å². The molecule has 28 heavy (non-hydrogen) atoms. The molecule has 0 spiro atoms.